The summed E-state index contributed by atoms with van der Waals surface area (Å²) >= 11 is 0. The number of hydrogen-bond donors (Lipinski definition) is 1. The molecule has 156 valence electrons. The van der Waals surface area contributed by atoms with Gasteiger partial charge in [0.1, 0.15) is 0 Å². The van der Waals surface area contributed by atoms with Crippen LogP contribution in [0.5, 0.6) is 11.5 Å². The van der Waals surface area contributed by atoms with E-state index in [1.807, 2.05) is 13.8 Å². The van der Waals surface area contributed by atoms with Gasteiger partial charge in [0.2, 0.25) is 5.91 Å². The molecule has 0 radical (unpaired) electrons. The Labute approximate surface area is 174 Å². The van der Waals surface area contributed by atoms with Crippen LogP contribution in [0, 0.1) is 12.8 Å². The second kappa shape index (κ2) is 9.31. The van der Waals surface area contributed by atoms with Crippen molar-refractivity contribution in [1.82, 2.24) is 10.2 Å². The lowest BCUT2D eigenvalue weighted by Gasteiger charge is -2.38. The number of fused-ring (bicyclic) bond motifs is 1. The van der Waals surface area contributed by atoms with Crippen LogP contribution in [0.1, 0.15) is 42.1 Å². The molecule has 0 aliphatic carbocycles. The number of methoxy groups -OCH3 is 2. The molecule has 2 aromatic rings. The molecule has 0 spiro atoms. The first-order valence-electron chi connectivity index (χ1n) is 10.2. The second-order valence-electron chi connectivity index (χ2n) is 8.03. The molecule has 0 saturated heterocycles. The molecular weight excluding hydrogens is 364 g/mol. The normalized spacial score (nSPS) is 16.4. The molecule has 1 aliphatic rings. The highest BCUT2D eigenvalue weighted by Crippen LogP contribution is 2.38. The fourth-order valence-electron chi connectivity index (χ4n) is 3.95. The first-order valence-corrected chi connectivity index (χ1v) is 10.2. The summed E-state index contributed by atoms with van der Waals surface area (Å²) in [7, 11) is 3.32. The first kappa shape index (κ1) is 21.2. The summed E-state index contributed by atoms with van der Waals surface area (Å²) in [5.41, 5.74) is 5.00. The lowest BCUT2D eigenvalue weighted by Crippen LogP contribution is -2.42. The van der Waals surface area contributed by atoms with Gasteiger partial charge >= 0.3 is 0 Å². The molecule has 0 fully saturated rings. The minimum atomic E-state index is -0.0336. The van der Waals surface area contributed by atoms with Crippen molar-refractivity contribution in [3.05, 3.63) is 58.7 Å². The van der Waals surface area contributed by atoms with E-state index in [2.05, 4.69) is 53.5 Å². The van der Waals surface area contributed by atoms with Crippen LogP contribution in [-0.4, -0.2) is 38.1 Å². The highest BCUT2D eigenvalue weighted by Gasteiger charge is 2.29. The smallest absolute Gasteiger partial charge is 0.222 e. The van der Waals surface area contributed by atoms with E-state index in [9.17, 15) is 4.79 Å². The number of nitrogens with one attached hydrogen (secondary N) is 1. The lowest BCUT2D eigenvalue weighted by molar-refractivity contribution is -0.124. The van der Waals surface area contributed by atoms with Crippen LogP contribution in [-0.2, 0) is 17.8 Å². The van der Waals surface area contributed by atoms with E-state index in [0.29, 0.717) is 6.54 Å². The molecule has 0 saturated carbocycles. The summed E-state index contributed by atoms with van der Waals surface area (Å²) < 4.78 is 11.0. The molecular formula is C24H32N2O3. The predicted molar refractivity (Wildman–Crippen MR) is 115 cm³/mol. The fraction of sp³-hybridized carbons (Fsp3) is 0.458. The molecule has 29 heavy (non-hydrogen) atoms. The fourth-order valence-corrected chi connectivity index (χ4v) is 3.95. The van der Waals surface area contributed by atoms with Gasteiger partial charge in [0.15, 0.2) is 11.5 Å². The zero-order valence-corrected chi connectivity index (χ0v) is 18.1. The molecule has 3 rings (SSSR count). The number of aryl methyl sites for hydroxylation is 1. The average Bonchev–Trinajstić information content (AvgIpc) is 2.71. The minimum Gasteiger partial charge on any atom is -0.493 e. The van der Waals surface area contributed by atoms with Crippen LogP contribution >= 0.6 is 0 Å². The molecule has 0 aromatic heterocycles. The molecule has 1 aliphatic heterocycles. The third kappa shape index (κ3) is 4.91. The van der Waals surface area contributed by atoms with Crippen LogP contribution in [0.25, 0.3) is 0 Å². The monoisotopic (exact) mass is 396 g/mol. The maximum atomic E-state index is 12.3. The van der Waals surface area contributed by atoms with Crippen molar-refractivity contribution in [2.24, 2.45) is 5.92 Å². The van der Waals surface area contributed by atoms with E-state index in [-0.39, 0.29) is 17.9 Å². The Morgan fingerprint density at radius 2 is 1.90 bits per heavy atom. The van der Waals surface area contributed by atoms with Gasteiger partial charge in [-0.05, 0) is 42.2 Å². The van der Waals surface area contributed by atoms with Gasteiger partial charge in [-0.3, -0.25) is 9.69 Å². The topological polar surface area (TPSA) is 50.8 Å². The third-order valence-corrected chi connectivity index (χ3v) is 5.58. The van der Waals surface area contributed by atoms with Crippen LogP contribution in [0.3, 0.4) is 0 Å². The van der Waals surface area contributed by atoms with E-state index in [4.69, 9.17) is 9.47 Å². The number of amides is 1. The summed E-state index contributed by atoms with van der Waals surface area (Å²) in [5, 5.41) is 3.13. The van der Waals surface area contributed by atoms with Crippen LogP contribution < -0.4 is 14.8 Å². The number of ether oxygens (including phenoxy) is 2. The van der Waals surface area contributed by atoms with Gasteiger partial charge in [-0.15, -0.1) is 0 Å². The molecule has 1 unspecified atom stereocenters. The average molecular weight is 397 g/mol. The molecule has 1 heterocycles. The van der Waals surface area contributed by atoms with Crippen molar-refractivity contribution >= 4 is 5.91 Å². The molecule has 1 amide bonds. The Morgan fingerprint density at radius 1 is 1.17 bits per heavy atom. The Bertz CT molecular complexity index is 863. The maximum Gasteiger partial charge on any atom is 0.222 e. The third-order valence-electron chi connectivity index (χ3n) is 5.58. The van der Waals surface area contributed by atoms with Crippen LogP contribution in [0.4, 0.5) is 0 Å². The molecule has 1 N–H and O–H groups in total. The zero-order valence-electron chi connectivity index (χ0n) is 18.1. The quantitative estimate of drug-likeness (QED) is 0.772. The number of benzene rings is 2. The number of rotatable bonds is 7. The Balaban J connectivity index is 1.93. The summed E-state index contributed by atoms with van der Waals surface area (Å²) in [6.07, 6.45) is 0.941. The van der Waals surface area contributed by atoms with Gasteiger partial charge in [0.25, 0.3) is 0 Å². The number of carbonyl (C=O) groups is 1. The lowest BCUT2D eigenvalue weighted by atomic mass is 9.91. The van der Waals surface area contributed by atoms with E-state index in [0.717, 1.165) is 31.0 Å². The largest absolute Gasteiger partial charge is 0.493 e. The summed E-state index contributed by atoms with van der Waals surface area (Å²) in [6, 6.07) is 12.9. The van der Waals surface area contributed by atoms with Gasteiger partial charge < -0.3 is 14.8 Å². The van der Waals surface area contributed by atoms with E-state index >= 15 is 0 Å². The first-order chi connectivity index (χ1) is 13.9. The van der Waals surface area contributed by atoms with Crippen LogP contribution in [0.2, 0.25) is 0 Å². The number of hydrogen-bond acceptors (Lipinski definition) is 4. The van der Waals surface area contributed by atoms with Gasteiger partial charge in [0, 0.05) is 25.6 Å². The molecule has 2 aromatic carbocycles. The van der Waals surface area contributed by atoms with Crippen molar-refractivity contribution in [2.45, 2.75) is 39.8 Å². The highest BCUT2D eigenvalue weighted by molar-refractivity contribution is 5.77. The van der Waals surface area contributed by atoms with Crippen molar-refractivity contribution in [3.8, 4) is 11.5 Å². The van der Waals surface area contributed by atoms with Gasteiger partial charge in [-0.2, -0.15) is 0 Å². The van der Waals surface area contributed by atoms with E-state index in [1.165, 1.54) is 22.3 Å². The van der Waals surface area contributed by atoms with Crippen molar-refractivity contribution in [2.75, 3.05) is 27.3 Å². The summed E-state index contributed by atoms with van der Waals surface area (Å²) in [5.74, 6) is 1.52. The zero-order chi connectivity index (χ0) is 21.0. The van der Waals surface area contributed by atoms with E-state index in [1.54, 1.807) is 14.2 Å². The minimum absolute atomic E-state index is 0.0336. The number of carbonyl (C=O) groups excluding carboxylic acids is 1. The number of nitrogens with zero attached hydrogens (tertiary/aromatic N) is 1. The molecule has 5 heteroatoms. The standard InChI is InChI=1S/C24H32N2O3/c1-16(2)24(27)25-14-21-20-13-23(29-5)22(28-4)12-19(20)9-10-26(21)15-18-8-6-7-17(3)11-18/h6-8,11-13,16,21H,9-10,14-15H2,1-5H3,(H,25,27). The molecule has 5 nitrogen and oxygen atoms in total. The summed E-state index contributed by atoms with van der Waals surface area (Å²) in [6.45, 7) is 8.30. The Kier molecular flexibility index (Phi) is 6.80. The van der Waals surface area contributed by atoms with Crippen molar-refractivity contribution in [3.63, 3.8) is 0 Å². The summed E-state index contributed by atoms with van der Waals surface area (Å²) in [4.78, 5) is 14.7. The highest BCUT2D eigenvalue weighted by atomic mass is 16.5. The maximum absolute atomic E-state index is 12.3. The SMILES string of the molecule is COc1cc2c(cc1OC)C(CNC(=O)C(C)C)N(Cc1cccc(C)c1)CC2. The predicted octanol–water partition coefficient (Wildman–Crippen LogP) is 3.88. The van der Waals surface area contributed by atoms with Crippen molar-refractivity contribution < 1.29 is 14.3 Å². The Hall–Kier alpha value is -2.53. The Morgan fingerprint density at radius 3 is 2.55 bits per heavy atom. The van der Waals surface area contributed by atoms with E-state index < -0.39 is 0 Å². The van der Waals surface area contributed by atoms with Crippen molar-refractivity contribution in [1.29, 1.82) is 0 Å². The second-order valence-corrected chi connectivity index (χ2v) is 8.03. The molecule has 0 bridgehead atoms. The van der Waals surface area contributed by atoms with Crippen LogP contribution in [0.15, 0.2) is 36.4 Å². The molecule has 1 atom stereocenters. The van der Waals surface area contributed by atoms with Gasteiger partial charge in [-0.25, -0.2) is 0 Å². The van der Waals surface area contributed by atoms with Gasteiger partial charge in [0.05, 0.1) is 20.3 Å². The van der Waals surface area contributed by atoms with Gasteiger partial charge in [-0.1, -0.05) is 43.7 Å².